The predicted molar refractivity (Wildman–Crippen MR) is 82.3 cm³/mol. The van der Waals surface area contributed by atoms with Crippen molar-refractivity contribution in [1.82, 2.24) is 0 Å². The van der Waals surface area contributed by atoms with Crippen LogP contribution >= 0.6 is 0 Å². The van der Waals surface area contributed by atoms with Gasteiger partial charge in [-0.2, -0.15) is 8.78 Å². The lowest BCUT2D eigenvalue weighted by Crippen LogP contribution is -2.33. The van der Waals surface area contributed by atoms with E-state index >= 15 is 0 Å². The van der Waals surface area contributed by atoms with Crippen molar-refractivity contribution >= 4 is 11.9 Å². The number of hydrogen-bond acceptors (Lipinski definition) is 4. The molecule has 25 heavy (non-hydrogen) atoms. The van der Waals surface area contributed by atoms with E-state index in [9.17, 15) is 27.2 Å². The van der Waals surface area contributed by atoms with Gasteiger partial charge in [-0.3, -0.25) is 0 Å². The Kier molecular flexibility index (Phi) is 7.44. The molecule has 1 aliphatic carbocycles. The second-order valence-corrected chi connectivity index (χ2v) is 7.28. The Morgan fingerprint density at radius 1 is 1.04 bits per heavy atom. The quantitative estimate of drug-likeness (QED) is 0.402. The highest BCUT2D eigenvalue weighted by Gasteiger charge is 2.42. The Morgan fingerprint density at radius 3 is 2.04 bits per heavy atom. The molecule has 0 atom stereocenters. The number of carbonyl (C=O) groups is 2. The van der Waals surface area contributed by atoms with Crippen molar-refractivity contribution in [1.29, 1.82) is 0 Å². The normalized spacial score (nSPS) is 22.2. The first-order chi connectivity index (χ1) is 11.4. The third kappa shape index (κ3) is 7.44. The smallest absolute Gasteiger partial charge is 0.340 e. The molecule has 0 unspecified atom stereocenters. The Balaban J connectivity index is 2.35. The van der Waals surface area contributed by atoms with E-state index in [1.807, 2.05) is 0 Å². The number of halogens is 4. The maximum absolute atomic E-state index is 12.6. The fraction of sp³-hybridized carbons (Fsp3) is 0.765. The standard InChI is InChI=1S/C17H24F4O4/c1-16(2,3)11-4-6-12(7-5-11)25-14(23)9-8-13(22)24-10-17(20,21)15(18)19/h8-9,11-12,15H,4-7,10H2,1-3H3/b9-8+. The summed E-state index contributed by atoms with van der Waals surface area (Å²) >= 11 is 0. The van der Waals surface area contributed by atoms with Crippen LogP contribution in [0.3, 0.4) is 0 Å². The van der Waals surface area contributed by atoms with Crippen LogP contribution in [-0.4, -0.2) is 37.0 Å². The average Bonchev–Trinajstić information content (AvgIpc) is 2.50. The van der Waals surface area contributed by atoms with Gasteiger partial charge in [0, 0.05) is 12.2 Å². The van der Waals surface area contributed by atoms with E-state index in [0.717, 1.165) is 18.9 Å². The van der Waals surface area contributed by atoms with Gasteiger partial charge in [0.25, 0.3) is 0 Å². The highest BCUT2D eigenvalue weighted by atomic mass is 19.3. The third-order valence-corrected chi connectivity index (χ3v) is 4.26. The summed E-state index contributed by atoms with van der Waals surface area (Å²) in [5.41, 5.74) is 0.193. The molecule has 0 aliphatic heterocycles. The van der Waals surface area contributed by atoms with Crippen LogP contribution in [0.25, 0.3) is 0 Å². The van der Waals surface area contributed by atoms with Crippen LogP contribution in [0, 0.1) is 11.3 Å². The summed E-state index contributed by atoms with van der Waals surface area (Å²) in [5, 5.41) is 0. The van der Waals surface area contributed by atoms with Crippen LogP contribution in [0.4, 0.5) is 17.6 Å². The minimum atomic E-state index is -4.42. The van der Waals surface area contributed by atoms with E-state index < -0.39 is 30.9 Å². The number of hydrogen-bond donors (Lipinski definition) is 0. The van der Waals surface area contributed by atoms with Gasteiger partial charge in [0.1, 0.15) is 6.10 Å². The minimum Gasteiger partial charge on any atom is -0.459 e. The van der Waals surface area contributed by atoms with Crippen LogP contribution in [0.15, 0.2) is 12.2 Å². The van der Waals surface area contributed by atoms with E-state index in [4.69, 9.17) is 4.74 Å². The molecule has 144 valence electrons. The summed E-state index contributed by atoms with van der Waals surface area (Å²) in [5.74, 6) is -5.98. The summed E-state index contributed by atoms with van der Waals surface area (Å²) in [4.78, 5) is 22.8. The van der Waals surface area contributed by atoms with Gasteiger partial charge in [0.05, 0.1) is 0 Å². The molecule has 0 heterocycles. The zero-order valence-electron chi connectivity index (χ0n) is 14.6. The van der Waals surface area contributed by atoms with Gasteiger partial charge in [0.2, 0.25) is 0 Å². The van der Waals surface area contributed by atoms with E-state index in [0.29, 0.717) is 24.8 Å². The highest BCUT2D eigenvalue weighted by molar-refractivity contribution is 5.91. The molecule has 1 aliphatic rings. The molecule has 1 saturated carbocycles. The van der Waals surface area contributed by atoms with Gasteiger partial charge in [-0.15, -0.1) is 0 Å². The summed E-state index contributed by atoms with van der Waals surface area (Å²) in [6, 6.07) is 0. The van der Waals surface area contributed by atoms with E-state index in [2.05, 4.69) is 25.5 Å². The first-order valence-corrected chi connectivity index (χ1v) is 8.13. The van der Waals surface area contributed by atoms with Gasteiger partial charge >= 0.3 is 24.3 Å². The van der Waals surface area contributed by atoms with Crippen molar-refractivity contribution in [3.05, 3.63) is 12.2 Å². The largest absolute Gasteiger partial charge is 0.459 e. The molecule has 0 N–H and O–H groups in total. The van der Waals surface area contributed by atoms with E-state index in [1.165, 1.54) is 0 Å². The van der Waals surface area contributed by atoms with E-state index in [1.54, 1.807) is 0 Å². The van der Waals surface area contributed by atoms with Crippen LogP contribution in [0.5, 0.6) is 0 Å². The van der Waals surface area contributed by atoms with Crippen LogP contribution in [-0.2, 0) is 19.1 Å². The van der Waals surface area contributed by atoms with Crippen molar-refractivity contribution in [3.8, 4) is 0 Å². The average molecular weight is 368 g/mol. The van der Waals surface area contributed by atoms with Gasteiger partial charge in [-0.25, -0.2) is 18.4 Å². The first kappa shape index (κ1) is 21.4. The molecule has 0 spiro atoms. The van der Waals surface area contributed by atoms with Gasteiger partial charge in [0.15, 0.2) is 6.61 Å². The zero-order chi connectivity index (χ0) is 19.3. The fourth-order valence-electron chi connectivity index (χ4n) is 2.66. The van der Waals surface area contributed by atoms with Crippen molar-refractivity contribution in [2.24, 2.45) is 11.3 Å². The third-order valence-electron chi connectivity index (χ3n) is 4.26. The Labute approximate surface area is 144 Å². The SMILES string of the molecule is CC(C)(C)C1CCC(OC(=O)/C=C/C(=O)OCC(F)(F)C(F)F)CC1. The molecule has 0 aromatic heterocycles. The zero-order valence-corrected chi connectivity index (χ0v) is 14.6. The molecule has 1 fully saturated rings. The van der Waals surface area contributed by atoms with Crippen molar-refractivity contribution in [2.75, 3.05) is 6.61 Å². The lowest BCUT2D eigenvalue weighted by Gasteiger charge is -2.36. The minimum absolute atomic E-state index is 0.193. The molecule has 1 rings (SSSR count). The highest BCUT2D eigenvalue weighted by Crippen LogP contribution is 2.38. The van der Waals surface area contributed by atoms with Crippen LogP contribution < -0.4 is 0 Å². The van der Waals surface area contributed by atoms with Crippen molar-refractivity contribution in [3.63, 3.8) is 0 Å². The maximum atomic E-state index is 12.6. The lowest BCUT2D eigenvalue weighted by atomic mass is 9.72. The summed E-state index contributed by atoms with van der Waals surface area (Å²) in [6.07, 6.45) is 0.432. The van der Waals surface area contributed by atoms with Crippen LogP contribution in [0.2, 0.25) is 0 Å². The topological polar surface area (TPSA) is 52.6 Å². The van der Waals surface area contributed by atoms with Crippen molar-refractivity contribution in [2.45, 2.75) is 64.9 Å². The molecular weight excluding hydrogens is 344 g/mol. The van der Waals surface area contributed by atoms with Gasteiger partial charge < -0.3 is 9.47 Å². The Morgan fingerprint density at radius 2 is 1.56 bits per heavy atom. The first-order valence-electron chi connectivity index (χ1n) is 8.13. The van der Waals surface area contributed by atoms with Crippen LogP contribution in [0.1, 0.15) is 46.5 Å². The number of rotatable bonds is 6. The Bertz CT molecular complexity index is 489. The molecule has 0 bridgehead atoms. The molecule has 0 amide bonds. The summed E-state index contributed by atoms with van der Waals surface area (Å²) in [7, 11) is 0. The molecular formula is C17H24F4O4. The molecule has 4 nitrogen and oxygen atoms in total. The molecule has 8 heteroatoms. The monoisotopic (exact) mass is 368 g/mol. The fourth-order valence-corrected chi connectivity index (χ4v) is 2.66. The number of alkyl halides is 4. The number of ether oxygens (including phenoxy) is 2. The second kappa shape index (κ2) is 8.67. The second-order valence-electron chi connectivity index (χ2n) is 7.28. The molecule has 0 aromatic rings. The molecule has 0 saturated heterocycles. The van der Waals surface area contributed by atoms with E-state index in [-0.39, 0.29) is 11.5 Å². The summed E-state index contributed by atoms with van der Waals surface area (Å²) < 4.78 is 58.2. The summed E-state index contributed by atoms with van der Waals surface area (Å²) in [6.45, 7) is 4.74. The maximum Gasteiger partial charge on any atom is 0.340 e. The lowest BCUT2D eigenvalue weighted by molar-refractivity contribution is -0.176. The predicted octanol–water partition coefficient (Wildman–Crippen LogP) is 4.13. The number of esters is 2. The molecule has 0 aromatic carbocycles. The van der Waals surface area contributed by atoms with Crippen molar-refractivity contribution < 1.29 is 36.6 Å². The Hall–Kier alpha value is -1.60. The molecule has 0 radical (unpaired) electrons. The van der Waals surface area contributed by atoms with Gasteiger partial charge in [-0.05, 0) is 37.0 Å². The number of carbonyl (C=O) groups excluding carboxylic acids is 2. The van der Waals surface area contributed by atoms with Gasteiger partial charge in [-0.1, -0.05) is 20.8 Å².